The van der Waals surface area contributed by atoms with Crippen molar-refractivity contribution in [2.75, 3.05) is 0 Å². The maximum absolute atomic E-state index is 12.7. The first-order valence-corrected chi connectivity index (χ1v) is 5.57. The lowest BCUT2D eigenvalue weighted by Crippen LogP contribution is -2.03. The molecule has 17 heavy (non-hydrogen) atoms. The van der Waals surface area contributed by atoms with Gasteiger partial charge in [-0.1, -0.05) is 0 Å². The van der Waals surface area contributed by atoms with Crippen molar-refractivity contribution in [2.45, 2.75) is 26.5 Å². The summed E-state index contributed by atoms with van der Waals surface area (Å²) in [5, 5.41) is 4.36. The third-order valence-corrected chi connectivity index (χ3v) is 2.39. The quantitative estimate of drug-likeness (QED) is 0.812. The summed E-state index contributed by atoms with van der Waals surface area (Å²) in [6.45, 7) is 4.53. The Hall–Kier alpha value is -1.84. The molecule has 0 aliphatic rings. The van der Waals surface area contributed by atoms with E-state index >= 15 is 0 Å². The molecule has 0 aliphatic heterocycles. The molecule has 2 rings (SSSR count). The van der Waals surface area contributed by atoms with Crippen molar-refractivity contribution in [3.63, 3.8) is 0 Å². The van der Waals surface area contributed by atoms with Gasteiger partial charge in [-0.05, 0) is 44.2 Å². The topological polar surface area (TPSA) is 27.1 Å². The predicted octanol–water partition coefficient (Wildman–Crippen LogP) is 3.18. The third-order valence-electron chi connectivity index (χ3n) is 2.39. The average Bonchev–Trinajstić information content (AvgIpc) is 2.77. The average molecular weight is 234 g/mol. The fraction of sp³-hybridized carbons (Fsp3) is 0.308. The zero-order chi connectivity index (χ0) is 12.3. The van der Waals surface area contributed by atoms with E-state index in [2.05, 4.69) is 18.9 Å². The zero-order valence-corrected chi connectivity index (χ0v) is 9.93. The van der Waals surface area contributed by atoms with Crippen molar-refractivity contribution >= 4 is 0 Å². The van der Waals surface area contributed by atoms with Crippen molar-refractivity contribution in [1.29, 1.82) is 0 Å². The Morgan fingerprint density at radius 3 is 2.53 bits per heavy atom. The van der Waals surface area contributed by atoms with Gasteiger partial charge in [0.2, 0.25) is 0 Å². The van der Waals surface area contributed by atoms with Crippen LogP contribution in [0.2, 0.25) is 0 Å². The SMILES string of the molecule is CC(C)n1ccc(COc2ccc(F)cc2)n1. The van der Waals surface area contributed by atoms with E-state index in [0.29, 0.717) is 18.4 Å². The molecule has 0 spiro atoms. The molecule has 4 heteroatoms. The van der Waals surface area contributed by atoms with Gasteiger partial charge in [0.25, 0.3) is 0 Å². The number of aromatic nitrogens is 2. The van der Waals surface area contributed by atoms with Crippen LogP contribution in [0.25, 0.3) is 0 Å². The minimum atomic E-state index is -0.263. The normalized spacial score (nSPS) is 10.8. The molecule has 1 aromatic heterocycles. The monoisotopic (exact) mass is 234 g/mol. The molecule has 1 aromatic carbocycles. The molecule has 0 aliphatic carbocycles. The summed E-state index contributed by atoms with van der Waals surface area (Å²) in [5.74, 6) is 0.381. The third kappa shape index (κ3) is 3.06. The van der Waals surface area contributed by atoms with E-state index in [-0.39, 0.29) is 5.82 Å². The van der Waals surface area contributed by atoms with Gasteiger partial charge >= 0.3 is 0 Å². The van der Waals surface area contributed by atoms with Crippen LogP contribution >= 0.6 is 0 Å². The van der Waals surface area contributed by atoms with E-state index in [1.807, 2.05) is 16.9 Å². The molecule has 0 saturated heterocycles. The van der Waals surface area contributed by atoms with E-state index < -0.39 is 0 Å². The summed E-state index contributed by atoms with van der Waals surface area (Å²) in [6.07, 6.45) is 1.92. The molecule has 2 aromatic rings. The smallest absolute Gasteiger partial charge is 0.132 e. The summed E-state index contributed by atoms with van der Waals surface area (Å²) in [6, 6.07) is 8.23. The molecule has 0 atom stereocenters. The lowest BCUT2D eigenvalue weighted by Gasteiger charge is -2.05. The molecule has 1 heterocycles. The highest BCUT2D eigenvalue weighted by atomic mass is 19.1. The molecular weight excluding hydrogens is 219 g/mol. The first-order valence-electron chi connectivity index (χ1n) is 5.57. The van der Waals surface area contributed by atoms with Crippen LogP contribution in [0, 0.1) is 5.82 Å². The van der Waals surface area contributed by atoms with Gasteiger partial charge in [0.05, 0.1) is 5.69 Å². The summed E-state index contributed by atoms with van der Waals surface area (Å²) in [4.78, 5) is 0. The maximum atomic E-state index is 12.7. The summed E-state index contributed by atoms with van der Waals surface area (Å²) < 4.78 is 20.0. The van der Waals surface area contributed by atoms with Gasteiger partial charge in [0.1, 0.15) is 18.2 Å². The molecule has 0 unspecified atom stereocenters. The van der Waals surface area contributed by atoms with Gasteiger partial charge in [-0.3, -0.25) is 4.68 Å². The van der Waals surface area contributed by atoms with E-state index in [0.717, 1.165) is 5.69 Å². The molecular formula is C13H15FN2O. The molecule has 0 bridgehead atoms. The van der Waals surface area contributed by atoms with Crippen LogP contribution in [0.5, 0.6) is 5.75 Å². The molecule has 90 valence electrons. The molecule has 3 nitrogen and oxygen atoms in total. The van der Waals surface area contributed by atoms with Crippen LogP contribution in [0.1, 0.15) is 25.6 Å². The van der Waals surface area contributed by atoms with Gasteiger partial charge in [-0.25, -0.2) is 4.39 Å². The molecule has 0 fully saturated rings. The zero-order valence-electron chi connectivity index (χ0n) is 9.93. The molecule has 0 amide bonds. The number of rotatable bonds is 4. The summed E-state index contributed by atoms with van der Waals surface area (Å²) in [7, 11) is 0. The maximum Gasteiger partial charge on any atom is 0.132 e. The highest BCUT2D eigenvalue weighted by molar-refractivity contribution is 5.22. The van der Waals surface area contributed by atoms with Crippen LogP contribution in [0.3, 0.4) is 0 Å². The van der Waals surface area contributed by atoms with Crippen LogP contribution < -0.4 is 4.74 Å². The highest BCUT2D eigenvalue weighted by Gasteiger charge is 2.02. The Bertz CT molecular complexity index is 476. The van der Waals surface area contributed by atoms with E-state index in [9.17, 15) is 4.39 Å². The second-order valence-electron chi connectivity index (χ2n) is 4.12. The number of benzene rings is 1. The molecule has 0 saturated carbocycles. The highest BCUT2D eigenvalue weighted by Crippen LogP contribution is 2.13. The summed E-state index contributed by atoms with van der Waals surface area (Å²) >= 11 is 0. The lowest BCUT2D eigenvalue weighted by molar-refractivity contribution is 0.298. The number of hydrogen-bond donors (Lipinski definition) is 0. The van der Waals surface area contributed by atoms with E-state index in [4.69, 9.17) is 4.74 Å². The van der Waals surface area contributed by atoms with Gasteiger partial charge in [0, 0.05) is 12.2 Å². The predicted molar refractivity (Wildman–Crippen MR) is 63.3 cm³/mol. The van der Waals surface area contributed by atoms with Gasteiger partial charge in [-0.2, -0.15) is 5.10 Å². The number of hydrogen-bond acceptors (Lipinski definition) is 2. The van der Waals surface area contributed by atoms with Crippen LogP contribution in [-0.2, 0) is 6.61 Å². The Kier molecular flexibility index (Phi) is 3.42. The minimum absolute atomic E-state index is 0.263. The van der Waals surface area contributed by atoms with Crippen molar-refractivity contribution in [3.05, 3.63) is 48.0 Å². The molecule has 0 radical (unpaired) electrons. The van der Waals surface area contributed by atoms with Crippen molar-refractivity contribution in [2.24, 2.45) is 0 Å². The Morgan fingerprint density at radius 1 is 1.24 bits per heavy atom. The minimum Gasteiger partial charge on any atom is -0.487 e. The fourth-order valence-electron chi connectivity index (χ4n) is 1.43. The fourth-order valence-corrected chi connectivity index (χ4v) is 1.43. The largest absolute Gasteiger partial charge is 0.487 e. The van der Waals surface area contributed by atoms with Gasteiger partial charge in [-0.15, -0.1) is 0 Å². The second-order valence-corrected chi connectivity index (χ2v) is 4.12. The van der Waals surface area contributed by atoms with E-state index in [1.54, 1.807) is 12.1 Å². The first kappa shape index (κ1) is 11.6. The second kappa shape index (κ2) is 4.99. The van der Waals surface area contributed by atoms with Crippen molar-refractivity contribution in [1.82, 2.24) is 9.78 Å². The van der Waals surface area contributed by atoms with Gasteiger partial charge < -0.3 is 4.74 Å². The lowest BCUT2D eigenvalue weighted by atomic mass is 10.3. The van der Waals surface area contributed by atoms with Crippen LogP contribution in [0.4, 0.5) is 4.39 Å². The Labute approximate surface area is 99.8 Å². The van der Waals surface area contributed by atoms with Gasteiger partial charge in [0.15, 0.2) is 0 Å². The number of halogens is 1. The summed E-state index contributed by atoms with van der Waals surface area (Å²) in [5.41, 5.74) is 0.864. The number of ether oxygens (including phenoxy) is 1. The number of nitrogens with zero attached hydrogens (tertiary/aromatic N) is 2. The standard InChI is InChI=1S/C13H15FN2O/c1-10(2)16-8-7-12(15-16)9-17-13-5-3-11(14)4-6-13/h3-8,10H,9H2,1-2H3. The van der Waals surface area contributed by atoms with Crippen molar-refractivity contribution < 1.29 is 9.13 Å². The Balaban J connectivity index is 1.95. The Morgan fingerprint density at radius 2 is 1.94 bits per heavy atom. The van der Waals surface area contributed by atoms with Crippen LogP contribution in [-0.4, -0.2) is 9.78 Å². The van der Waals surface area contributed by atoms with Crippen LogP contribution in [0.15, 0.2) is 36.5 Å². The van der Waals surface area contributed by atoms with Crippen molar-refractivity contribution in [3.8, 4) is 5.75 Å². The molecule has 0 N–H and O–H groups in total. The van der Waals surface area contributed by atoms with E-state index in [1.165, 1.54) is 12.1 Å². The first-order chi connectivity index (χ1) is 8.15.